The molecule has 0 aliphatic carbocycles. The molecule has 1 aromatic rings. The average Bonchev–Trinajstić information content (AvgIpc) is 2.37. The minimum absolute atomic E-state index is 0.00463. The largest absolute Gasteiger partial charge is 0.478 e. The zero-order chi connectivity index (χ0) is 16.2. The predicted molar refractivity (Wildman–Crippen MR) is 82.5 cm³/mol. The van der Waals surface area contributed by atoms with Crippen molar-refractivity contribution >= 4 is 43.5 Å². The molecule has 0 saturated carbocycles. The fourth-order valence-electron chi connectivity index (χ4n) is 1.37. The van der Waals surface area contributed by atoms with Crippen LogP contribution in [-0.2, 0) is 14.8 Å². The van der Waals surface area contributed by atoms with E-state index in [0.29, 0.717) is 4.47 Å². The molecular weight excluding hydrogens is 384 g/mol. The van der Waals surface area contributed by atoms with Crippen molar-refractivity contribution in [3.05, 3.63) is 21.6 Å². The number of carbonyl (C=O) groups excluding carboxylic acids is 1. The van der Waals surface area contributed by atoms with Crippen molar-refractivity contribution in [3.63, 3.8) is 0 Å². The van der Waals surface area contributed by atoms with Crippen molar-refractivity contribution < 1.29 is 17.9 Å². The van der Waals surface area contributed by atoms with Gasteiger partial charge in [0.2, 0.25) is 10.0 Å². The van der Waals surface area contributed by atoms with E-state index in [-0.39, 0.29) is 22.2 Å². The number of ether oxygens (including phenoxy) is 1. The summed E-state index contributed by atoms with van der Waals surface area (Å²) in [4.78, 5) is 11.4. The molecule has 21 heavy (non-hydrogen) atoms. The Hall–Kier alpha value is -1.27. The van der Waals surface area contributed by atoms with Crippen molar-refractivity contribution in [3.8, 4) is 18.1 Å². The highest BCUT2D eigenvalue weighted by molar-refractivity contribution is 9.10. The van der Waals surface area contributed by atoms with E-state index in [9.17, 15) is 13.2 Å². The van der Waals surface area contributed by atoms with E-state index in [1.807, 2.05) is 0 Å². The van der Waals surface area contributed by atoms with E-state index in [1.165, 1.54) is 19.1 Å². The lowest BCUT2D eigenvalue weighted by atomic mass is 10.3. The molecule has 0 bridgehead atoms. The van der Waals surface area contributed by atoms with E-state index in [2.05, 4.69) is 27.2 Å². The highest BCUT2D eigenvalue weighted by Gasteiger charge is 2.23. The third-order valence-corrected chi connectivity index (χ3v) is 3.96. The van der Waals surface area contributed by atoms with Gasteiger partial charge in [-0.2, -0.15) is 0 Å². The number of benzene rings is 1. The van der Waals surface area contributed by atoms with Gasteiger partial charge in [-0.25, -0.2) is 13.6 Å². The molecule has 3 N–H and O–H groups in total. The number of hydrogen-bond donors (Lipinski definition) is 2. The van der Waals surface area contributed by atoms with Crippen molar-refractivity contribution in [1.29, 1.82) is 0 Å². The van der Waals surface area contributed by atoms with Crippen LogP contribution in [0.25, 0.3) is 0 Å². The number of hydrogen-bond acceptors (Lipinski definition) is 4. The first-order chi connectivity index (χ1) is 9.66. The fraction of sp³-hybridized carbons (Fsp3) is 0.250. The Kier molecular flexibility index (Phi) is 6.04. The summed E-state index contributed by atoms with van der Waals surface area (Å²) in [5.74, 6) is 1.54. The molecule has 0 radical (unpaired) electrons. The number of amides is 1. The van der Waals surface area contributed by atoms with Crippen molar-refractivity contribution in [2.45, 2.75) is 17.9 Å². The molecule has 114 valence electrons. The Balaban J connectivity index is 3.14. The van der Waals surface area contributed by atoms with Gasteiger partial charge in [0.25, 0.3) is 5.91 Å². The molecule has 6 nitrogen and oxygen atoms in total. The summed E-state index contributed by atoms with van der Waals surface area (Å²) >= 11 is 9.06. The van der Waals surface area contributed by atoms with E-state index >= 15 is 0 Å². The lowest BCUT2D eigenvalue weighted by molar-refractivity contribution is -0.127. The van der Waals surface area contributed by atoms with Gasteiger partial charge in [0.15, 0.2) is 11.9 Å². The van der Waals surface area contributed by atoms with Gasteiger partial charge in [-0.1, -0.05) is 33.5 Å². The van der Waals surface area contributed by atoms with Crippen molar-refractivity contribution in [1.82, 2.24) is 5.32 Å². The molecule has 1 amide bonds. The number of nitrogens with one attached hydrogen (secondary N) is 1. The smallest absolute Gasteiger partial charge is 0.261 e. The number of carbonyl (C=O) groups is 1. The molecule has 9 heteroatoms. The first-order valence-electron chi connectivity index (χ1n) is 5.56. The highest BCUT2D eigenvalue weighted by Crippen LogP contribution is 2.35. The third kappa shape index (κ3) is 4.89. The summed E-state index contributed by atoms with van der Waals surface area (Å²) < 4.78 is 28.9. The minimum Gasteiger partial charge on any atom is -0.478 e. The molecular formula is C12H12BrClN2O4S. The molecule has 1 rings (SSSR count). The van der Waals surface area contributed by atoms with Gasteiger partial charge in [0.05, 0.1) is 11.6 Å². The Bertz CT molecular complexity index is 700. The van der Waals surface area contributed by atoms with Gasteiger partial charge in [0.1, 0.15) is 4.90 Å². The number of nitrogens with two attached hydrogens (primary N) is 1. The SMILES string of the molecule is C#CCNC(=O)C(C)Oc1c(Cl)cc(Br)cc1S(N)(=O)=O. The first kappa shape index (κ1) is 17.8. The Labute approximate surface area is 136 Å². The monoisotopic (exact) mass is 394 g/mol. The number of halogens is 2. The van der Waals surface area contributed by atoms with E-state index in [1.54, 1.807) is 0 Å². The minimum atomic E-state index is -4.07. The molecule has 1 aromatic carbocycles. The van der Waals surface area contributed by atoms with Crippen LogP contribution in [0.15, 0.2) is 21.5 Å². The zero-order valence-electron chi connectivity index (χ0n) is 10.9. The van der Waals surface area contributed by atoms with Gasteiger partial charge in [-0.05, 0) is 19.1 Å². The Morgan fingerprint density at radius 2 is 2.24 bits per heavy atom. The first-order valence-corrected chi connectivity index (χ1v) is 8.28. The molecule has 0 aromatic heterocycles. The van der Waals surface area contributed by atoms with Gasteiger partial charge < -0.3 is 10.1 Å². The summed E-state index contributed by atoms with van der Waals surface area (Å²) in [6.07, 6.45) is 4.02. The van der Waals surface area contributed by atoms with Crippen LogP contribution in [-0.4, -0.2) is 27.0 Å². The van der Waals surface area contributed by atoms with Crippen LogP contribution < -0.4 is 15.2 Å². The van der Waals surface area contributed by atoms with Crippen LogP contribution in [0.5, 0.6) is 5.75 Å². The summed E-state index contributed by atoms with van der Waals surface area (Å²) in [6, 6.07) is 2.67. The van der Waals surface area contributed by atoms with Crippen LogP contribution in [0.2, 0.25) is 5.02 Å². The maximum Gasteiger partial charge on any atom is 0.261 e. The second kappa shape index (κ2) is 7.13. The van der Waals surface area contributed by atoms with Crippen molar-refractivity contribution in [2.75, 3.05) is 6.54 Å². The van der Waals surface area contributed by atoms with Crippen molar-refractivity contribution in [2.24, 2.45) is 5.14 Å². The Morgan fingerprint density at radius 1 is 1.62 bits per heavy atom. The third-order valence-electron chi connectivity index (χ3n) is 2.31. The number of sulfonamides is 1. The second-order valence-electron chi connectivity index (χ2n) is 3.94. The number of rotatable bonds is 5. The van der Waals surface area contributed by atoms with Gasteiger partial charge in [-0.3, -0.25) is 4.79 Å². The Morgan fingerprint density at radius 3 is 2.76 bits per heavy atom. The average molecular weight is 396 g/mol. The lowest BCUT2D eigenvalue weighted by Gasteiger charge is -2.17. The molecule has 0 heterocycles. The van der Waals surface area contributed by atoms with Gasteiger partial charge in [0, 0.05) is 4.47 Å². The molecule has 1 atom stereocenters. The number of primary sulfonamides is 1. The summed E-state index contributed by atoms with van der Waals surface area (Å²) in [7, 11) is -4.07. The van der Waals surface area contributed by atoms with Gasteiger partial charge >= 0.3 is 0 Å². The van der Waals surface area contributed by atoms with Crippen LogP contribution in [0.4, 0.5) is 0 Å². The van der Waals surface area contributed by atoms with Crippen LogP contribution in [0.3, 0.4) is 0 Å². The summed E-state index contributed by atoms with van der Waals surface area (Å²) in [5.41, 5.74) is 0. The molecule has 0 aliphatic heterocycles. The van der Waals surface area contributed by atoms with E-state index in [4.69, 9.17) is 27.9 Å². The zero-order valence-corrected chi connectivity index (χ0v) is 14.0. The second-order valence-corrected chi connectivity index (χ2v) is 6.79. The molecule has 1 unspecified atom stereocenters. The fourth-order valence-corrected chi connectivity index (χ4v) is 3.14. The topological polar surface area (TPSA) is 98.5 Å². The van der Waals surface area contributed by atoms with E-state index < -0.39 is 22.0 Å². The predicted octanol–water partition coefficient (Wildman–Crippen LogP) is 1.27. The maximum absolute atomic E-state index is 11.7. The highest BCUT2D eigenvalue weighted by atomic mass is 79.9. The van der Waals surface area contributed by atoms with E-state index in [0.717, 1.165) is 0 Å². The molecule has 0 fully saturated rings. The summed E-state index contributed by atoms with van der Waals surface area (Å²) in [5, 5.41) is 7.53. The van der Waals surface area contributed by atoms with Gasteiger partial charge in [-0.15, -0.1) is 6.42 Å². The van der Waals surface area contributed by atoms with Crippen LogP contribution in [0.1, 0.15) is 6.92 Å². The molecule has 0 aliphatic rings. The molecule has 0 spiro atoms. The maximum atomic E-state index is 11.7. The molecule has 0 saturated heterocycles. The standard InChI is InChI=1S/C12H12BrClN2O4S/c1-3-4-16-12(17)7(2)20-11-9(14)5-8(13)6-10(11)21(15,18)19/h1,5-7H,4H2,2H3,(H,16,17)(H2,15,18,19). The normalized spacial score (nSPS) is 12.3. The number of terminal acetylenes is 1. The summed E-state index contributed by atoms with van der Waals surface area (Å²) in [6.45, 7) is 1.46. The quantitative estimate of drug-likeness (QED) is 0.733. The van der Waals surface area contributed by atoms with Crippen LogP contribution >= 0.6 is 27.5 Å². The lowest BCUT2D eigenvalue weighted by Crippen LogP contribution is -2.36. The van der Waals surface area contributed by atoms with Crippen LogP contribution in [0, 0.1) is 12.3 Å².